The van der Waals surface area contributed by atoms with Gasteiger partial charge in [0.25, 0.3) is 5.91 Å². The van der Waals surface area contributed by atoms with Crippen LogP contribution in [0.5, 0.6) is 5.75 Å². The standard InChI is InChI=1S/C19H27N3O3/c1-25-17-9-7-15(8-10-17)18(23)21-11-13-22(14-12-21)19(24)20-16-5-3-2-4-6-16/h7-10,16H,2-6,11-14H2,1H3,(H,20,24). The van der Waals surface area contributed by atoms with Crippen molar-refractivity contribution in [2.75, 3.05) is 33.3 Å². The van der Waals surface area contributed by atoms with E-state index in [1.807, 2.05) is 9.80 Å². The predicted octanol–water partition coefficient (Wildman–Crippen LogP) is 2.50. The summed E-state index contributed by atoms with van der Waals surface area (Å²) in [5.41, 5.74) is 0.654. The van der Waals surface area contributed by atoms with Crippen LogP contribution < -0.4 is 10.1 Å². The molecule has 1 aromatic rings. The molecule has 6 heteroatoms. The third-order valence-corrected chi connectivity index (χ3v) is 5.12. The van der Waals surface area contributed by atoms with Crippen LogP contribution in [0.4, 0.5) is 4.79 Å². The van der Waals surface area contributed by atoms with Crippen molar-refractivity contribution >= 4 is 11.9 Å². The number of rotatable bonds is 3. The third kappa shape index (κ3) is 4.44. The SMILES string of the molecule is COc1ccc(C(=O)N2CCN(C(=O)NC3CCCCC3)CC2)cc1. The van der Waals surface area contributed by atoms with Gasteiger partial charge in [0, 0.05) is 37.8 Å². The molecule has 0 radical (unpaired) electrons. The normalized spacial score (nSPS) is 18.8. The van der Waals surface area contributed by atoms with Gasteiger partial charge >= 0.3 is 6.03 Å². The highest BCUT2D eigenvalue weighted by molar-refractivity contribution is 5.94. The highest BCUT2D eigenvalue weighted by Gasteiger charge is 2.26. The zero-order valence-electron chi connectivity index (χ0n) is 14.9. The van der Waals surface area contributed by atoms with Gasteiger partial charge in [-0.2, -0.15) is 0 Å². The van der Waals surface area contributed by atoms with Crippen LogP contribution in [0.3, 0.4) is 0 Å². The highest BCUT2D eigenvalue weighted by atomic mass is 16.5. The lowest BCUT2D eigenvalue weighted by Crippen LogP contribution is -2.54. The van der Waals surface area contributed by atoms with Crippen molar-refractivity contribution in [3.63, 3.8) is 0 Å². The molecule has 2 fully saturated rings. The summed E-state index contributed by atoms with van der Waals surface area (Å²) in [6.45, 7) is 2.31. The van der Waals surface area contributed by atoms with Crippen LogP contribution in [-0.2, 0) is 0 Å². The molecule has 0 aromatic heterocycles. The van der Waals surface area contributed by atoms with Gasteiger partial charge in [-0.3, -0.25) is 4.79 Å². The summed E-state index contributed by atoms with van der Waals surface area (Å²) in [6, 6.07) is 7.48. The van der Waals surface area contributed by atoms with E-state index >= 15 is 0 Å². The van der Waals surface area contributed by atoms with Crippen LogP contribution in [0.25, 0.3) is 0 Å². The van der Waals surface area contributed by atoms with E-state index in [1.54, 1.807) is 31.4 Å². The number of methoxy groups -OCH3 is 1. The number of nitrogens with zero attached hydrogens (tertiary/aromatic N) is 2. The van der Waals surface area contributed by atoms with E-state index in [0.29, 0.717) is 37.8 Å². The Bertz CT molecular complexity index is 588. The number of nitrogens with one attached hydrogen (secondary N) is 1. The van der Waals surface area contributed by atoms with E-state index < -0.39 is 0 Å². The molecule has 1 aliphatic heterocycles. The van der Waals surface area contributed by atoms with Gasteiger partial charge < -0.3 is 19.9 Å². The summed E-state index contributed by atoms with van der Waals surface area (Å²) >= 11 is 0. The van der Waals surface area contributed by atoms with Gasteiger partial charge in [0.1, 0.15) is 5.75 Å². The zero-order valence-corrected chi connectivity index (χ0v) is 14.9. The molecule has 25 heavy (non-hydrogen) atoms. The van der Waals surface area contributed by atoms with Gasteiger partial charge in [-0.1, -0.05) is 19.3 Å². The topological polar surface area (TPSA) is 61.9 Å². The van der Waals surface area contributed by atoms with E-state index in [2.05, 4.69) is 5.32 Å². The molecule has 0 atom stereocenters. The fourth-order valence-corrected chi connectivity index (χ4v) is 3.54. The molecule has 6 nitrogen and oxygen atoms in total. The van der Waals surface area contributed by atoms with Crippen molar-refractivity contribution in [1.82, 2.24) is 15.1 Å². The van der Waals surface area contributed by atoms with E-state index in [9.17, 15) is 9.59 Å². The van der Waals surface area contributed by atoms with Crippen LogP contribution in [0.2, 0.25) is 0 Å². The smallest absolute Gasteiger partial charge is 0.317 e. The summed E-state index contributed by atoms with van der Waals surface area (Å²) in [4.78, 5) is 28.6. The number of hydrogen-bond donors (Lipinski definition) is 1. The summed E-state index contributed by atoms with van der Waals surface area (Å²) < 4.78 is 5.12. The lowest BCUT2D eigenvalue weighted by atomic mass is 9.96. The first-order chi connectivity index (χ1) is 12.2. The van der Waals surface area contributed by atoms with Crippen molar-refractivity contribution in [3.8, 4) is 5.75 Å². The summed E-state index contributed by atoms with van der Waals surface area (Å²) in [5.74, 6) is 0.746. The molecule has 1 aromatic carbocycles. The van der Waals surface area contributed by atoms with Crippen LogP contribution in [0, 0.1) is 0 Å². The molecule has 0 unspecified atom stereocenters. The Morgan fingerprint density at radius 2 is 1.56 bits per heavy atom. The Balaban J connectivity index is 1.48. The second-order valence-corrected chi connectivity index (χ2v) is 6.79. The van der Waals surface area contributed by atoms with Gasteiger partial charge in [0.2, 0.25) is 0 Å². The van der Waals surface area contributed by atoms with Crippen molar-refractivity contribution in [2.45, 2.75) is 38.1 Å². The molecule has 1 saturated carbocycles. The average molecular weight is 345 g/mol. The van der Waals surface area contributed by atoms with Crippen LogP contribution in [0.1, 0.15) is 42.5 Å². The predicted molar refractivity (Wildman–Crippen MR) is 95.9 cm³/mol. The molecule has 0 bridgehead atoms. The minimum Gasteiger partial charge on any atom is -0.497 e. The Morgan fingerprint density at radius 3 is 2.16 bits per heavy atom. The number of benzene rings is 1. The number of carbonyl (C=O) groups is 2. The molecule has 1 saturated heterocycles. The largest absolute Gasteiger partial charge is 0.497 e. The number of urea groups is 1. The van der Waals surface area contributed by atoms with E-state index in [4.69, 9.17) is 4.74 Å². The van der Waals surface area contributed by atoms with Crippen molar-refractivity contribution in [2.24, 2.45) is 0 Å². The second-order valence-electron chi connectivity index (χ2n) is 6.79. The Kier molecular flexibility index (Phi) is 5.79. The number of amides is 3. The number of piperazine rings is 1. The highest BCUT2D eigenvalue weighted by Crippen LogP contribution is 2.18. The van der Waals surface area contributed by atoms with E-state index in [1.165, 1.54) is 19.3 Å². The summed E-state index contributed by atoms with van der Waals surface area (Å²) in [6.07, 6.45) is 5.85. The first kappa shape index (κ1) is 17.6. The maximum Gasteiger partial charge on any atom is 0.317 e. The average Bonchev–Trinajstić information content (AvgIpc) is 2.68. The Labute approximate surface area is 149 Å². The Hall–Kier alpha value is -2.24. The molecular weight excluding hydrogens is 318 g/mol. The number of carbonyl (C=O) groups excluding carboxylic acids is 2. The molecule has 1 aliphatic carbocycles. The van der Waals surface area contributed by atoms with Gasteiger partial charge in [-0.15, -0.1) is 0 Å². The van der Waals surface area contributed by atoms with E-state index in [-0.39, 0.29) is 11.9 Å². The minimum absolute atomic E-state index is 0.00925. The molecule has 2 aliphatic rings. The van der Waals surface area contributed by atoms with Crippen LogP contribution in [0.15, 0.2) is 24.3 Å². The molecule has 1 heterocycles. The maximum absolute atomic E-state index is 12.6. The van der Waals surface area contributed by atoms with Gasteiger partial charge in [0.15, 0.2) is 0 Å². The maximum atomic E-state index is 12.6. The number of hydrogen-bond acceptors (Lipinski definition) is 3. The van der Waals surface area contributed by atoms with E-state index in [0.717, 1.165) is 18.6 Å². The van der Waals surface area contributed by atoms with Gasteiger partial charge in [-0.25, -0.2) is 4.79 Å². The Morgan fingerprint density at radius 1 is 0.960 bits per heavy atom. The molecule has 1 N–H and O–H groups in total. The van der Waals surface area contributed by atoms with Crippen molar-refractivity contribution in [1.29, 1.82) is 0 Å². The molecule has 3 amide bonds. The molecule has 0 spiro atoms. The quantitative estimate of drug-likeness (QED) is 0.915. The summed E-state index contributed by atoms with van der Waals surface area (Å²) in [7, 11) is 1.61. The van der Waals surface area contributed by atoms with Crippen LogP contribution in [-0.4, -0.2) is 61.1 Å². The molecule has 136 valence electrons. The van der Waals surface area contributed by atoms with Gasteiger partial charge in [0.05, 0.1) is 7.11 Å². The van der Waals surface area contributed by atoms with Crippen molar-refractivity contribution < 1.29 is 14.3 Å². The lowest BCUT2D eigenvalue weighted by Gasteiger charge is -2.36. The monoisotopic (exact) mass is 345 g/mol. The second kappa shape index (κ2) is 8.23. The summed E-state index contributed by atoms with van der Waals surface area (Å²) in [5, 5.41) is 3.15. The van der Waals surface area contributed by atoms with Crippen LogP contribution >= 0.6 is 0 Å². The molecular formula is C19H27N3O3. The number of ether oxygens (including phenoxy) is 1. The lowest BCUT2D eigenvalue weighted by molar-refractivity contribution is 0.0662. The van der Waals surface area contributed by atoms with Gasteiger partial charge in [-0.05, 0) is 37.1 Å². The first-order valence-electron chi connectivity index (χ1n) is 9.16. The third-order valence-electron chi connectivity index (χ3n) is 5.12. The molecule has 3 rings (SSSR count). The first-order valence-corrected chi connectivity index (χ1v) is 9.16. The zero-order chi connectivity index (χ0) is 17.6. The fraction of sp³-hybridized carbons (Fsp3) is 0.579. The minimum atomic E-state index is 0.00925. The van der Waals surface area contributed by atoms with Crippen molar-refractivity contribution in [3.05, 3.63) is 29.8 Å². The fourth-order valence-electron chi connectivity index (χ4n) is 3.54.